The third-order valence-corrected chi connectivity index (χ3v) is 5.15. The van der Waals surface area contributed by atoms with E-state index in [1.165, 1.54) is 11.1 Å². The van der Waals surface area contributed by atoms with Gasteiger partial charge in [0.25, 0.3) is 0 Å². The van der Waals surface area contributed by atoms with Crippen LogP contribution in [-0.4, -0.2) is 12.4 Å². The minimum absolute atomic E-state index is 0.611. The highest BCUT2D eigenvalue weighted by Crippen LogP contribution is 2.19. The second-order valence-corrected chi connectivity index (χ2v) is 7.42. The summed E-state index contributed by atoms with van der Waals surface area (Å²) in [4.78, 5) is 8.98. The predicted molar refractivity (Wildman–Crippen MR) is 133 cm³/mol. The van der Waals surface area contributed by atoms with Crippen molar-refractivity contribution in [1.82, 2.24) is 0 Å². The van der Waals surface area contributed by atoms with E-state index in [1.54, 1.807) is 24.6 Å². The van der Waals surface area contributed by atoms with Gasteiger partial charge in [0.1, 0.15) is 0 Å². The molecule has 4 nitrogen and oxygen atoms in total. The van der Waals surface area contributed by atoms with Crippen molar-refractivity contribution < 1.29 is 0 Å². The van der Waals surface area contributed by atoms with Crippen LogP contribution in [-0.2, 0) is 6.42 Å². The lowest BCUT2D eigenvalue weighted by Gasteiger charge is -2.04. The zero-order valence-corrected chi connectivity index (χ0v) is 17.9. The Hall–Kier alpha value is -4.80. The molecular weight excluding hydrogens is 404 g/mol. The van der Waals surface area contributed by atoms with Gasteiger partial charge in [0.15, 0.2) is 0 Å². The van der Waals surface area contributed by atoms with Gasteiger partial charge in [-0.05, 0) is 53.9 Å². The minimum atomic E-state index is 0.611. The molecule has 0 N–H and O–H groups in total. The maximum absolute atomic E-state index is 9.18. The lowest BCUT2D eigenvalue weighted by atomic mass is 10.0. The normalized spacial score (nSPS) is 10.8. The Labute approximate surface area is 193 Å². The Morgan fingerprint density at radius 1 is 0.545 bits per heavy atom. The smallest absolute Gasteiger partial charge is 0.0998 e. The summed E-state index contributed by atoms with van der Waals surface area (Å²) in [7, 11) is 0. The molecule has 156 valence electrons. The average Bonchev–Trinajstić information content (AvgIpc) is 2.88. The van der Waals surface area contributed by atoms with E-state index >= 15 is 0 Å². The highest BCUT2D eigenvalue weighted by molar-refractivity contribution is 5.85. The molecule has 0 amide bonds. The zero-order valence-electron chi connectivity index (χ0n) is 17.9. The summed E-state index contributed by atoms with van der Waals surface area (Å²) in [6.45, 7) is 0. The van der Waals surface area contributed by atoms with Crippen LogP contribution in [0.4, 0.5) is 11.4 Å². The largest absolute Gasteiger partial charge is 0.256 e. The fourth-order valence-corrected chi connectivity index (χ4v) is 3.35. The van der Waals surface area contributed by atoms with Gasteiger partial charge < -0.3 is 0 Å². The third kappa shape index (κ3) is 5.67. The molecule has 0 fully saturated rings. The number of benzene rings is 4. The summed E-state index contributed by atoms with van der Waals surface area (Å²) < 4.78 is 0. The van der Waals surface area contributed by atoms with Crippen LogP contribution in [0.5, 0.6) is 0 Å². The van der Waals surface area contributed by atoms with Crippen molar-refractivity contribution in [3.63, 3.8) is 0 Å². The van der Waals surface area contributed by atoms with Gasteiger partial charge >= 0.3 is 0 Å². The predicted octanol–water partition coefficient (Wildman–Crippen LogP) is 6.52. The number of hydrogen-bond acceptors (Lipinski definition) is 4. The number of nitrogens with zero attached hydrogens (tertiary/aromatic N) is 4. The van der Waals surface area contributed by atoms with Crippen molar-refractivity contribution in [2.24, 2.45) is 9.98 Å². The molecule has 0 unspecified atom stereocenters. The molecule has 0 saturated carbocycles. The first-order chi connectivity index (χ1) is 16.2. The molecule has 0 bridgehead atoms. The van der Waals surface area contributed by atoms with Crippen LogP contribution in [0.1, 0.15) is 33.4 Å². The van der Waals surface area contributed by atoms with Crippen molar-refractivity contribution in [2.75, 3.05) is 0 Å². The second-order valence-electron chi connectivity index (χ2n) is 7.42. The Morgan fingerprint density at radius 2 is 0.939 bits per heavy atom. The first-order valence-electron chi connectivity index (χ1n) is 10.5. The van der Waals surface area contributed by atoms with Crippen LogP contribution in [0.25, 0.3) is 0 Å². The maximum Gasteiger partial charge on any atom is 0.0998 e. The van der Waals surface area contributed by atoms with E-state index in [0.29, 0.717) is 11.1 Å². The van der Waals surface area contributed by atoms with Gasteiger partial charge in [0.05, 0.1) is 34.6 Å². The van der Waals surface area contributed by atoms with Gasteiger partial charge in [-0.25, -0.2) is 0 Å². The third-order valence-electron chi connectivity index (χ3n) is 5.15. The highest BCUT2D eigenvalue weighted by atomic mass is 14.7. The van der Waals surface area contributed by atoms with E-state index in [0.717, 1.165) is 28.9 Å². The molecule has 0 saturated heterocycles. The molecule has 4 aromatic rings. The highest BCUT2D eigenvalue weighted by Gasteiger charge is 2.00. The van der Waals surface area contributed by atoms with E-state index in [1.807, 2.05) is 60.7 Å². The van der Waals surface area contributed by atoms with Gasteiger partial charge in [0.2, 0.25) is 0 Å². The molecule has 0 atom stereocenters. The summed E-state index contributed by atoms with van der Waals surface area (Å²) in [6, 6.07) is 35.3. The first-order valence-corrected chi connectivity index (χ1v) is 10.5. The minimum Gasteiger partial charge on any atom is -0.256 e. The van der Waals surface area contributed by atoms with E-state index in [-0.39, 0.29) is 0 Å². The quantitative estimate of drug-likeness (QED) is 0.330. The molecule has 4 heteroatoms. The molecule has 33 heavy (non-hydrogen) atoms. The second kappa shape index (κ2) is 10.5. The topological polar surface area (TPSA) is 72.3 Å². The molecule has 0 heterocycles. The molecule has 4 rings (SSSR count). The van der Waals surface area contributed by atoms with Crippen LogP contribution in [0.3, 0.4) is 0 Å². The summed E-state index contributed by atoms with van der Waals surface area (Å²) >= 11 is 0. The first kappa shape index (κ1) is 21.4. The Morgan fingerprint density at radius 3 is 1.33 bits per heavy atom. The van der Waals surface area contributed by atoms with E-state index in [9.17, 15) is 10.5 Å². The van der Waals surface area contributed by atoms with Crippen molar-refractivity contribution in [2.45, 2.75) is 6.42 Å². The summed E-state index contributed by atoms with van der Waals surface area (Å²) in [5.41, 5.74) is 6.89. The summed E-state index contributed by atoms with van der Waals surface area (Å²) in [5.74, 6) is 0. The lowest BCUT2D eigenvalue weighted by molar-refractivity contribution is 1.19. The maximum atomic E-state index is 9.18. The Bertz CT molecular complexity index is 1270. The van der Waals surface area contributed by atoms with Crippen LogP contribution in [0.15, 0.2) is 107 Å². The number of nitriles is 2. The van der Waals surface area contributed by atoms with Gasteiger partial charge in [-0.3, -0.25) is 9.98 Å². The average molecular weight is 425 g/mol. The van der Waals surface area contributed by atoms with Gasteiger partial charge in [-0.2, -0.15) is 10.5 Å². The molecule has 0 aromatic heterocycles. The van der Waals surface area contributed by atoms with Gasteiger partial charge in [-0.1, -0.05) is 60.7 Å². The monoisotopic (exact) mass is 424 g/mol. The summed E-state index contributed by atoms with van der Waals surface area (Å²) in [5, 5.41) is 18.4. The zero-order chi connectivity index (χ0) is 22.9. The van der Waals surface area contributed by atoms with Crippen molar-refractivity contribution in [3.05, 3.63) is 130 Å². The number of aliphatic imine (C=N–C) groups is 2. The summed E-state index contributed by atoms with van der Waals surface area (Å²) in [6.07, 6.45) is 4.26. The van der Waals surface area contributed by atoms with Gasteiger partial charge in [-0.15, -0.1) is 0 Å². The SMILES string of the molecule is N#Cc1ccccc1C=Nc1ccc(Cc2ccc(N=Cc3ccccc3C#N)cc2)cc1. The van der Waals surface area contributed by atoms with E-state index in [2.05, 4.69) is 46.4 Å². The molecule has 0 spiro atoms. The molecule has 0 aliphatic carbocycles. The van der Waals surface area contributed by atoms with Crippen LogP contribution < -0.4 is 0 Å². The number of rotatable bonds is 6. The van der Waals surface area contributed by atoms with E-state index in [4.69, 9.17) is 0 Å². The Kier molecular flexibility index (Phi) is 6.81. The van der Waals surface area contributed by atoms with Crippen molar-refractivity contribution in [1.29, 1.82) is 10.5 Å². The number of hydrogen-bond donors (Lipinski definition) is 0. The standard InChI is InChI=1S/C29H20N4/c30-18-24-5-1-3-7-26(24)20-32-28-13-9-22(10-14-28)17-23-11-15-29(16-12-23)33-21-27-8-4-2-6-25(27)19-31/h1-16,20-21H,17H2. The van der Waals surface area contributed by atoms with Crippen molar-refractivity contribution in [3.8, 4) is 12.1 Å². The van der Waals surface area contributed by atoms with Gasteiger partial charge in [0, 0.05) is 23.6 Å². The van der Waals surface area contributed by atoms with E-state index < -0.39 is 0 Å². The molecule has 0 radical (unpaired) electrons. The molecular formula is C29H20N4. The fourth-order valence-electron chi connectivity index (χ4n) is 3.35. The molecule has 0 aliphatic heterocycles. The fraction of sp³-hybridized carbons (Fsp3) is 0.0345. The van der Waals surface area contributed by atoms with Crippen LogP contribution >= 0.6 is 0 Å². The van der Waals surface area contributed by atoms with Crippen LogP contribution in [0.2, 0.25) is 0 Å². The lowest BCUT2D eigenvalue weighted by Crippen LogP contribution is -1.88. The van der Waals surface area contributed by atoms with Crippen molar-refractivity contribution >= 4 is 23.8 Å². The Balaban J connectivity index is 1.39. The molecule has 0 aliphatic rings. The molecule has 4 aromatic carbocycles. The van der Waals surface area contributed by atoms with Crippen LogP contribution in [0, 0.1) is 22.7 Å².